The molecular formula is C20H34O8. The van der Waals surface area contributed by atoms with E-state index >= 15 is 0 Å². The Morgan fingerprint density at radius 2 is 1.25 bits per heavy atom. The van der Waals surface area contributed by atoms with Gasteiger partial charge in [-0.05, 0) is 13.3 Å². The Labute approximate surface area is 167 Å². The largest absolute Gasteiger partial charge is 0.456 e. The van der Waals surface area contributed by atoms with Gasteiger partial charge in [0.05, 0.1) is 6.10 Å². The maximum atomic E-state index is 11.6. The SMILES string of the molecule is CCCCCCCCO[C@@H]1O[C@@H](C)[C@H](OC(C)=O)[C@@H](OC(C)=O)[C@H]1OC(C)=O. The number of unbranched alkanes of at least 4 members (excludes halogenated alkanes) is 5. The smallest absolute Gasteiger partial charge is 0.303 e. The molecule has 0 aromatic heterocycles. The summed E-state index contributed by atoms with van der Waals surface area (Å²) < 4.78 is 27.5. The molecule has 1 aliphatic rings. The van der Waals surface area contributed by atoms with Crippen molar-refractivity contribution in [2.45, 2.75) is 104 Å². The van der Waals surface area contributed by atoms with Crippen molar-refractivity contribution in [2.24, 2.45) is 0 Å². The summed E-state index contributed by atoms with van der Waals surface area (Å²) in [6.45, 7) is 8.01. The van der Waals surface area contributed by atoms with Crippen LogP contribution in [0.5, 0.6) is 0 Å². The summed E-state index contributed by atoms with van der Waals surface area (Å²) >= 11 is 0. The summed E-state index contributed by atoms with van der Waals surface area (Å²) in [4.78, 5) is 34.6. The van der Waals surface area contributed by atoms with Crippen molar-refractivity contribution in [1.29, 1.82) is 0 Å². The van der Waals surface area contributed by atoms with E-state index in [2.05, 4.69) is 6.92 Å². The summed E-state index contributed by atoms with van der Waals surface area (Å²) in [5, 5.41) is 0. The third kappa shape index (κ3) is 8.56. The van der Waals surface area contributed by atoms with E-state index in [1.165, 1.54) is 40.0 Å². The van der Waals surface area contributed by atoms with Gasteiger partial charge in [0, 0.05) is 27.4 Å². The minimum absolute atomic E-state index is 0.423. The highest BCUT2D eigenvalue weighted by atomic mass is 16.7. The van der Waals surface area contributed by atoms with Gasteiger partial charge in [0.1, 0.15) is 0 Å². The Balaban J connectivity index is 2.79. The van der Waals surface area contributed by atoms with E-state index in [-0.39, 0.29) is 0 Å². The van der Waals surface area contributed by atoms with E-state index in [9.17, 15) is 14.4 Å². The molecule has 0 aromatic carbocycles. The first-order valence-electron chi connectivity index (χ1n) is 10.0. The predicted molar refractivity (Wildman–Crippen MR) is 100 cm³/mol. The van der Waals surface area contributed by atoms with Crippen molar-refractivity contribution in [1.82, 2.24) is 0 Å². The molecule has 162 valence electrons. The van der Waals surface area contributed by atoms with Crippen molar-refractivity contribution in [2.75, 3.05) is 6.61 Å². The molecule has 1 rings (SSSR count). The first-order chi connectivity index (χ1) is 13.3. The lowest BCUT2D eigenvalue weighted by molar-refractivity contribution is -0.300. The predicted octanol–water partition coefficient (Wildman–Crippen LogP) is 2.90. The van der Waals surface area contributed by atoms with Crippen LogP contribution in [0.4, 0.5) is 0 Å². The van der Waals surface area contributed by atoms with Crippen LogP contribution in [-0.4, -0.2) is 55.2 Å². The van der Waals surface area contributed by atoms with Crippen molar-refractivity contribution in [3.63, 3.8) is 0 Å². The molecule has 8 heteroatoms. The second-order valence-corrected chi connectivity index (χ2v) is 7.07. The number of rotatable bonds is 11. The van der Waals surface area contributed by atoms with E-state index in [1.807, 2.05) is 0 Å². The van der Waals surface area contributed by atoms with Gasteiger partial charge in [0.15, 0.2) is 24.6 Å². The first kappa shape index (κ1) is 24.4. The van der Waals surface area contributed by atoms with Gasteiger partial charge in [-0.25, -0.2) is 0 Å². The third-order valence-electron chi connectivity index (χ3n) is 4.41. The molecular weight excluding hydrogens is 368 g/mol. The Morgan fingerprint density at radius 1 is 0.750 bits per heavy atom. The highest BCUT2D eigenvalue weighted by Gasteiger charge is 2.50. The van der Waals surface area contributed by atoms with Crippen molar-refractivity contribution in [3.8, 4) is 0 Å². The van der Waals surface area contributed by atoms with Gasteiger partial charge in [-0.15, -0.1) is 0 Å². The van der Waals surface area contributed by atoms with Crippen LogP contribution < -0.4 is 0 Å². The zero-order valence-electron chi connectivity index (χ0n) is 17.6. The van der Waals surface area contributed by atoms with E-state index in [0.717, 1.165) is 19.3 Å². The molecule has 0 bridgehead atoms. The van der Waals surface area contributed by atoms with Crippen LogP contribution in [0.2, 0.25) is 0 Å². The molecule has 1 aliphatic heterocycles. The second-order valence-electron chi connectivity index (χ2n) is 7.07. The molecule has 0 N–H and O–H groups in total. The standard InChI is InChI=1S/C20H34O8/c1-6-7-8-9-10-11-12-24-20-19(28-16(5)23)18(27-15(4)22)17(13(2)25-20)26-14(3)21/h13,17-20H,6-12H2,1-5H3/t13-,17-,18+,19+,20+/m0/s1. The van der Waals surface area contributed by atoms with Crippen LogP contribution in [0.25, 0.3) is 0 Å². The van der Waals surface area contributed by atoms with E-state index in [1.54, 1.807) is 6.92 Å². The Kier molecular flexibility index (Phi) is 11.1. The fraction of sp³-hybridized carbons (Fsp3) is 0.850. The minimum Gasteiger partial charge on any atom is -0.456 e. The van der Waals surface area contributed by atoms with Crippen LogP contribution in [-0.2, 0) is 38.1 Å². The number of carbonyl (C=O) groups excluding carboxylic acids is 3. The molecule has 0 saturated carbocycles. The Bertz CT molecular complexity index is 506. The number of carbonyl (C=O) groups is 3. The molecule has 5 atom stereocenters. The summed E-state index contributed by atoms with van der Waals surface area (Å²) in [6.07, 6.45) is 2.17. The lowest BCUT2D eigenvalue weighted by Crippen LogP contribution is -2.61. The van der Waals surface area contributed by atoms with Gasteiger partial charge in [-0.3, -0.25) is 14.4 Å². The summed E-state index contributed by atoms with van der Waals surface area (Å²) in [6, 6.07) is 0. The average molecular weight is 402 g/mol. The topological polar surface area (TPSA) is 97.4 Å². The van der Waals surface area contributed by atoms with Gasteiger partial charge >= 0.3 is 17.9 Å². The normalized spacial score (nSPS) is 27.1. The van der Waals surface area contributed by atoms with Gasteiger partial charge < -0.3 is 23.7 Å². The summed E-state index contributed by atoms with van der Waals surface area (Å²) in [7, 11) is 0. The quantitative estimate of drug-likeness (QED) is 0.296. The maximum absolute atomic E-state index is 11.6. The number of hydrogen-bond donors (Lipinski definition) is 0. The van der Waals surface area contributed by atoms with Gasteiger partial charge in [0.25, 0.3) is 0 Å². The fourth-order valence-corrected chi connectivity index (χ4v) is 3.19. The van der Waals surface area contributed by atoms with Gasteiger partial charge in [0.2, 0.25) is 0 Å². The molecule has 1 saturated heterocycles. The summed E-state index contributed by atoms with van der Waals surface area (Å²) in [5.41, 5.74) is 0. The van der Waals surface area contributed by atoms with Gasteiger partial charge in [-0.2, -0.15) is 0 Å². The molecule has 0 spiro atoms. The second kappa shape index (κ2) is 12.7. The lowest BCUT2D eigenvalue weighted by atomic mass is 9.99. The minimum atomic E-state index is -1.03. The highest BCUT2D eigenvalue weighted by molar-refractivity contribution is 5.68. The molecule has 28 heavy (non-hydrogen) atoms. The average Bonchev–Trinajstić information content (AvgIpc) is 2.59. The van der Waals surface area contributed by atoms with E-state index in [0.29, 0.717) is 6.61 Å². The van der Waals surface area contributed by atoms with Crippen molar-refractivity contribution in [3.05, 3.63) is 0 Å². The molecule has 8 nitrogen and oxygen atoms in total. The van der Waals surface area contributed by atoms with Crippen LogP contribution in [0, 0.1) is 0 Å². The lowest BCUT2D eigenvalue weighted by Gasteiger charge is -2.43. The number of esters is 3. The molecule has 0 radical (unpaired) electrons. The molecule has 0 unspecified atom stereocenters. The zero-order chi connectivity index (χ0) is 21.1. The third-order valence-corrected chi connectivity index (χ3v) is 4.41. The molecule has 0 amide bonds. The number of hydrogen-bond acceptors (Lipinski definition) is 8. The Morgan fingerprint density at radius 3 is 1.82 bits per heavy atom. The van der Waals surface area contributed by atoms with Crippen LogP contribution in [0.1, 0.15) is 73.1 Å². The molecule has 1 fully saturated rings. The van der Waals surface area contributed by atoms with Crippen LogP contribution in [0.3, 0.4) is 0 Å². The maximum Gasteiger partial charge on any atom is 0.303 e. The molecule has 0 aliphatic carbocycles. The number of ether oxygens (including phenoxy) is 5. The van der Waals surface area contributed by atoms with Gasteiger partial charge in [-0.1, -0.05) is 39.0 Å². The van der Waals surface area contributed by atoms with Crippen LogP contribution >= 0.6 is 0 Å². The highest BCUT2D eigenvalue weighted by Crippen LogP contribution is 2.29. The molecule has 1 heterocycles. The zero-order valence-corrected chi connectivity index (χ0v) is 17.6. The summed E-state index contributed by atoms with van der Waals surface area (Å²) in [5.74, 6) is -1.70. The first-order valence-corrected chi connectivity index (χ1v) is 10.0. The van der Waals surface area contributed by atoms with Crippen molar-refractivity contribution >= 4 is 17.9 Å². The van der Waals surface area contributed by atoms with Crippen LogP contribution in [0.15, 0.2) is 0 Å². The van der Waals surface area contributed by atoms with Crippen molar-refractivity contribution < 1.29 is 38.1 Å². The Hall–Kier alpha value is -1.67. The van der Waals surface area contributed by atoms with E-state index in [4.69, 9.17) is 23.7 Å². The fourth-order valence-electron chi connectivity index (χ4n) is 3.19. The molecule has 0 aromatic rings. The monoisotopic (exact) mass is 402 g/mol. The van der Waals surface area contributed by atoms with E-state index < -0.39 is 48.6 Å².